The Hall–Kier alpha value is -2.55. The van der Waals surface area contributed by atoms with Crippen molar-refractivity contribution in [3.63, 3.8) is 0 Å². The third-order valence-electron chi connectivity index (χ3n) is 2.43. The van der Waals surface area contributed by atoms with Crippen LogP contribution < -0.4 is 10.1 Å². The standard InChI is InChI=1S/C14H10F3NO4S/c15-14(16,17)22-10-5-3-9(4-6-10)18-12(19)8-21-13(20)11-2-1-7-23-11/h1-7H,8H2,(H,18,19). The molecule has 1 heterocycles. The summed E-state index contributed by atoms with van der Waals surface area (Å²) in [6.45, 7) is -0.502. The number of carbonyl (C=O) groups is 2. The number of ether oxygens (including phenoxy) is 2. The first kappa shape index (κ1) is 16.8. The van der Waals surface area contributed by atoms with Crippen LogP contribution in [0.2, 0.25) is 0 Å². The van der Waals surface area contributed by atoms with Crippen molar-refractivity contribution in [1.82, 2.24) is 0 Å². The summed E-state index contributed by atoms with van der Waals surface area (Å²) >= 11 is 1.18. The molecule has 0 aliphatic heterocycles. The average Bonchev–Trinajstić information content (AvgIpc) is 2.99. The van der Waals surface area contributed by atoms with Gasteiger partial charge in [0.1, 0.15) is 10.6 Å². The molecule has 0 atom stereocenters. The highest BCUT2D eigenvalue weighted by atomic mass is 32.1. The third-order valence-corrected chi connectivity index (χ3v) is 3.28. The van der Waals surface area contributed by atoms with Crippen LogP contribution in [-0.4, -0.2) is 24.8 Å². The van der Waals surface area contributed by atoms with E-state index in [0.717, 1.165) is 12.1 Å². The highest BCUT2D eigenvalue weighted by molar-refractivity contribution is 7.11. The number of anilines is 1. The Morgan fingerprint density at radius 2 is 1.83 bits per heavy atom. The molecule has 1 aromatic heterocycles. The molecule has 23 heavy (non-hydrogen) atoms. The number of benzene rings is 1. The van der Waals surface area contributed by atoms with Crippen molar-refractivity contribution >= 4 is 28.9 Å². The topological polar surface area (TPSA) is 64.6 Å². The normalized spacial score (nSPS) is 10.9. The minimum Gasteiger partial charge on any atom is -0.451 e. The molecular formula is C14H10F3NO4S. The lowest BCUT2D eigenvalue weighted by Gasteiger charge is -2.10. The first-order chi connectivity index (χ1) is 10.8. The maximum atomic E-state index is 12.0. The maximum Gasteiger partial charge on any atom is 0.573 e. The molecule has 1 amide bonds. The lowest BCUT2D eigenvalue weighted by Crippen LogP contribution is -2.20. The summed E-state index contributed by atoms with van der Waals surface area (Å²) in [5, 5.41) is 4.08. The molecule has 0 spiro atoms. The van der Waals surface area contributed by atoms with E-state index in [4.69, 9.17) is 4.74 Å². The molecule has 0 radical (unpaired) electrons. The van der Waals surface area contributed by atoms with E-state index in [9.17, 15) is 22.8 Å². The smallest absolute Gasteiger partial charge is 0.451 e. The van der Waals surface area contributed by atoms with Gasteiger partial charge >= 0.3 is 12.3 Å². The minimum atomic E-state index is -4.78. The van der Waals surface area contributed by atoms with Gasteiger partial charge in [-0.1, -0.05) is 6.07 Å². The molecule has 1 N–H and O–H groups in total. The van der Waals surface area contributed by atoms with Gasteiger partial charge in [0.15, 0.2) is 6.61 Å². The van der Waals surface area contributed by atoms with Gasteiger partial charge in [0, 0.05) is 5.69 Å². The van der Waals surface area contributed by atoms with Crippen molar-refractivity contribution in [1.29, 1.82) is 0 Å². The summed E-state index contributed by atoms with van der Waals surface area (Å²) in [6, 6.07) is 7.82. The predicted octanol–water partition coefficient (Wildman–Crippen LogP) is 3.44. The molecule has 0 saturated heterocycles. The molecule has 2 rings (SSSR count). The molecule has 9 heteroatoms. The highest BCUT2D eigenvalue weighted by Crippen LogP contribution is 2.23. The molecule has 1 aromatic carbocycles. The van der Waals surface area contributed by atoms with Crippen molar-refractivity contribution < 1.29 is 32.2 Å². The number of hydrogen-bond donors (Lipinski definition) is 1. The van der Waals surface area contributed by atoms with E-state index in [1.165, 1.54) is 23.5 Å². The Morgan fingerprint density at radius 1 is 1.13 bits per heavy atom. The van der Waals surface area contributed by atoms with E-state index in [0.29, 0.717) is 4.88 Å². The van der Waals surface area contributed by atoms with Crippen molar-refractivity contribution in [2.45, 2.75) is 6.36 Å². The van der Waals surface area contributed by atoms with E-state index in [1.807, 2.05) is 0 Å². The van der Waals surface area contributed by atoms with E-state index >= 15 is 0 Å². The van der Waals surface area contributed by atoms with Gasteiger partial charge < -0.3 is 14.8 Å². The number of halogens is 3. The highest BCUT2D eigenvalue weighted by Gasteiger charge is 2.30. The zero-order valence-electron chi connectivity index (χ0n) is 11.4. The molecule has 2 aromatic rings. The summed E-state index contributed by atoms with van der Waals surface area (Å²) in [5.41, 5.74) is 0.247. The van der Waals surface area contributed by atoms with E-state index in [1.54, 1.807) is 17.5 Å². The monoisotopic (exact) mass is 345 g/mol. The van der Waals surface area contributed by atoms with Crippen LogP contribution in [0, 0.1) is 0 Å². The van der Waals surface area contributed by atoms with Crippen molar-refractivity contribution in [2.75, 3.05) is 11.9 Å². The lowest BCUT2D eigenvalue weighted by molar-refractivity contribution is -0.274. The molecule has 0 unspecified atom stereocenters. The van der Waals surface area contributed by atoms with Gasteiger partial charge in [0.05, 0.1) is 0 Å². The maximum absolute atomic E-state index is 12.0. The number of alkyl halides is 3. The molecule has 0 aliphatic carbocycles. The average molecular weight is 345 g/mol. The fourth-order valence-electron chi connectivity index (χ4n) is 1.53. The molecule has 0 aliphatic rings. The molecule has 122 valence electrons. The summed E-state index contributed by atoms with van der Waals surface area (Å²) in [4.78, 5) is 23.5. The Labute approximate surface area is 132 Å². The first-order valence-corrected chi connectivity index (χ1v) is 7.08. The fourth-order valence-corrected chi connectivity index (χ4v) is 2.15. The summed E-state index contributed by atoms with van der Waals surface area (Å²) < 4.78 is 44.5. The second kappa shape index (κ2) is 7.14. The summed E-state index contributed by atoms with van der Waals surface area (Å²) in [6.07, 6.45) is -4.78. The largest absolute Gasteiger partial charge is 0.573 e. The zero-order valence-corrected chi connectivity index (χ0v) is 12.2. The molecule has 0 bridgehead atoms. The lowest BCUT2D eigenvalue weighted by atomic mass is 10.3. The number of rotatable bonds is 5. The van der Waals surface area contributed by atoms with Gasteiger partial charge in [-0.2, -0.15) is 0 Å². The molecule has 0 saturated carbocycles. The number of amides is 1. The number of carbonyl (C=O) groups excluding carboxylic acids is 2. The van der Waals surface area contributed by atoms with Gasteiger partial charge in [-0.3, -0.25) is 4.79 Å². The van der Waals surface area contributed by atoms with Crippen LogP contribution in [0.3, 0.4) is 0 Å². The quantitative estimate of drug-likeness (QED) is 0.843. The second-order valence-electron chi connectivity index (χ2n) is 4.17. The Bertz CT molecular complexity index is 668. The van der Waals surface area contributed by atoms with Gasteiger partial charge in [-0.05, 0) is 35.7 Å². The Morgan fingerprint density at radius 3 is 2.39 bits per heavy atom. The van der Waals surface area contributed by atoms with E-state index < -0.39 is 30.6 Å². The third kappa shape index (κ3) is 5.62. The van der Waals surface area contributed by atoms with Crippen molar-refractivity contribution in [3.05, 3.63) is 46.7 Å². The van der Waals surface area contributed by atoms with Crippen LogP contribution in [0.5, 0.6) is 5.75 Å². The van der Waals surface area contributed by atoms with E-state index in [2.05, 4.69) is 10.1 Å². The Balaban J connectivity index is 1.82. The van der Waals surface area contributed by atoms with Gasteiger partial charge in [0.25, 0.3) is 5.91 Å². The fraction of sp³-hybridized carbons (Fsp3) is 0.143. The van der Waals surface area contributed by atoms with Gasteiger partial charge in [0.2, 0.25) is 0 Å². The SMILES string of the molecule is O=C(COC(=O)c1cccs1)Nc1ccc(OC(F)(F)F)cc1. The number of hydrogen-bond acceptors (Lipinski definition) is 5. The second-order valence-corrected chi connectivity index (χ2v) is 5.12. The first-order valence-electron chi connectivity index (χ1n) is 6.20. The van der Waals surface area contributed by atoms with Crippen molar-refractivity contribution in [3.8, 4) is 5.75 Å². The molecular weight excluding hydrogens is 335 g/mol. The van der Waals surface area contributed by atoms with Crippen LogP contribution in [0.1, 0.15) is 9.67 Å². The number of nitrogens with one attached hydrogen (secondary N) is 1. The van der Waals surface area contributed by atoms with Crippen LogP contribution in [0.25, 0.3) is 0 Å². The minimum absolute atomic E-state index is 0.247. The Kier molecular flexibility index (Phi) is 5.22. The van der Waals surface area contributed by atoms with Gasteiger partial charge in [-0.15, -0.1) is 24.5 Å². The van der Waals surface area contributed by atoms with Crippen LogP contribution in [0.4, 0.5) is 18.9 Å². The predicted molar refractivity (Wildman–Crippen MR) is 76.4 cm³/mol. The number of esters is 1. The number of thiophene rings is 1. The van der Waals surface area contributed by atoms with Gasteiger partial charge in [-0.25, -0.2) is 4.79 Å². The summed E-state index contributed by atoms with van der Waals surface area (Å²) in [5.74, 6) is -1.64. The summed E-state index contributed by atoms with van der Waals surface area (Å²) in [7, 11) is 0. The zero-order chi connectivity index (χ0) is 16.9. The molecule has 5 nitrogen and oxygen atoms in total. The molecule has 0 fully saturated rings. The van der Waals surface area contributed by atoms with E-state index in [-0.39, 0.29) is 5.69 Å². The van der Waals surface area contributed by atoms with Crippen LogP contribution in [0.15, 0.2) is 41.8 Å². The van der Waals surface area contributed by atoms with Crippen molar-refractivity contribution in [2.24, 2.45) is 0 Å². The van der Waals surface area contributed by atoms with Crippen LogP contribution >= 0.6 is 11.3 Å². The van der Waals surface area contributed by atoms with Crippen LogP contribution in [-0.2, 0) is 9.53 Å².